The average Bonchev–Trinajstić information content (AvgIpc) is 2.22. The van der Waals surface area contributed by atoms with Gasteiger partial charge in [0, 0.05) is 12.0 Å². The first-order valence-corrected chi connectivity index (χ1v) is 5.96. The van der Waals surface area contributed by atoms with Crippen molar-refractivity contribution in [2.24, 2.45) is 11.1 Å². The Morgan fingerprint density at radius 1 is 1.41 bits per heavy atom. The molecule has 0 aromatic rings. The maximum Gasteiger partial charge on any atom is 0.255 e. The molecular formula is C11H18N2O3S. The summed E-state index contributed by atoms with van der Waals surface area (Å²) in [6.07, 6.45) is 1.45. The molecule has 2 amide bonds. The lowest BCUT2D eigenvalue weighted by atomic mass is 9.88. The Kier molecular flexibility index (Phi) is 4.59. The van der Waals surface area contributed by atoms with E-state index in [4.69, 9.17) is 22.7 Å². The summed E-state index contributed by atoms with van der Waals surface area (Å²) in [5.41, 5.74) is 5.37. The zero-order valence-electron chi connectivity index (χ0n) is 10.2. The van der Waals surface area contributed by atoms with E-state index in [1.54, 1.807) is 0 Å². The first-order chi connectivity index (χ1) is 7.84. The highest BCUT2D eigenvalue weighted by molar-refractivity contribution is 7.80. The van der Waals surface area contributed by atoms with E-state index >= 15 is 0 Å². The largest absolute Gasteiger partial charge is 0.393 e. The summed E-state index contributed by atoms with van der Waals surface area (Å²) in [6.45, 7) is 4.30. The highest BCUT2D eigenvalue weighted by Crippen LogP contribution is 2.22. The number of morpholine rings is 1. The van der Waals surface area contributed by atoms with E-state index in [0.29, 0.717) is 18.0 Å². The summed E-state index contributed by atoms with van der Waals surface area (Å²) in [7, 11) is 0. The molecule has 1 heterocycles. The normalized spacial score (nSPS) is 17.4. The number of ether oxygens (including phenoxy) is 1. The highest BCUT2D eigenvalue weighted by Gasteiger charge is 2.27. The third-order valence-corrected chi connectivity index (χ3v) is 3.46. The SMILES string of the molecule is CC(C)(CCCN1C(=O)COCC1=O)C(N)=S. The molecule has 1 saturated heterocycles. The van der Waals surface area contributed by atoms with Crippen LogP contribution in [-0.2, 0) is 14.3 Å². The number of thiocarbonyl (C=S) groups is 1. The minimum atomic E-state index is -0.269. The van der Waals surface area contributed by atoms with Gasteiger partial charge in [0.05, 0.1) is 4.99 Å². The molecule has 17 heavy (non-hydrogen) atoms. The molecule has 0 aromatic heterocycles. The van der Waals surface area contributed by atoms with Crippen LogP contribution in [0.3, 0.4) is 0 Å². The van der Waals surface area contributed by atoms with Gasteiger partial charge in [0.2, 0.25) is 0 Å². The molecule has 0 unspecified atom stereocenters. The molecule has 6 heteroatoms. The first-order valence-electron chi connectivity index (χ1n) is 5.55. The second-order valence-corrected chi connectivity index (χ2v) is 5.22. The van der Waals surface area contributed by atoms with Crippen molar-refractivity contribution in [3.8, 4) is 0 Å². The molecule has 1 fully saturated rings. The molecule has 1 aliphatic heterocycles. The lowest BCUT2D eigenvalue weighted by Crippen LogP contribution is -2.46. The lowest BCUT2D eigenvalue weighted by molar-refractivity contribution is -0.158. The Morgan fingerprint density at radius 3 is 2.41 bits per heavy atom. The number of nitrogens with zero attached hydrogens (tertiary/aromatic N) is 1. The smallest absolute Gasteiger partial charge is 0.255 e. The van der Waals surface area contributed by atoms with Crippen molar-refractivity contribution < 1.29 is 14.3 Å². The monoisotopic (exact) mass is 258 g/mol. The number of amides is 2. The summed E-state index contributed by atoms with van der Waals surface area (Å²) in [4.78, 5) is 24.6. The van der Waals surface area contributed by atoms with Gasteiger partial charge in [0.1, 0.15) is 13.2 Å². The van der Waals surface area contributed by atoms with E-state index in [2.05, 4.69) is 0 Å². The Bertz CT molecular complexity index is 326. The topological polar surface area (TPSA) is 72.6 Å². The molecule has 96 valence electrons. The van der Waals surface area contributed by atoms with Crippen molar-refractivity contribution >= 4 is 29.0 Å². The van der Waals surface area contributed by atoms with Gasteiger partial charge < -0.3 is 10.5 Å². The van der Waals surface area contributed by atoms with Crippen LogP contribution in [0.5, 0.6) is 0 Å². The minimum Gasteiger partial charge on any atom is -0.393 e. The number of nitrogens with two attached hydrogens (primary N) is 1. The predicted octanol–water partition coefficient (Wildman–Crippen LogP) is 0.464. The van der Waals surface area contributed by atoms with Crippen molar-refractivity contribution in [2.45, 2.75) is 26.7 Å². The summed E-state index contributed by atoms with van der Waals surface area (Å²) in [5, 5.41) is 0. The zero-order chi connectivity index (χ0) is 13.1. The van der Waals surface area contributed by atoms with Gasteiger partial charge >= 0.3 is 0 Å². The van der Waals surface area contributed by atoms with Crippen LogP contribution < -0.4 is 5.73 Å². The van der Waals surface area contributed by atoms with E-state index in [1.807, 2.05) is 13.8 Å². The van der Waals surface area contributed by atoms with E-state index in [9.17, 15) is 9.59 Å². The first kappa shape index (κ1) is 14.1. The van der Waals surface area contributed by atoms with E-state index in [1.165, 1.54) is 4.90 Å². The Morgan fingerprint density at radius 2 is 1.94 bits per heavy atom. The second-order valence-electron chi connectivity index (χ2n) is 4.78. The molecule has 2 N–H and O–H groups in total. The Labute approximate surface area is 106 Å². The standard InChI is InChI=1S/C11H18N2O3S/c1-11(2,10(12)17)4-3-5-13-8(14)6-16-7-9(13)15/h3-7H2,1-2H3,(H2,12,17). The third kappa shape index (κ3) is 3.74. The molecule has 0 radical (unpaired) electrons. The highest BCUT2D eigenvalue weighted by atomic mass is 32.1. The molecule has 0 atom stereocenters. The van der Waals surface area contributed by atoms with Crippen molar-refractivity contribution in [1.82, 2.24) is 4.90 Å². The predicted molar refractivity (Wildman–Crippen MR) is 67.3 cm³/mol. The number of rotatable bonds is 5. The lowest BCUT2D eigenvalue weighted by Gasteiger charge is -2.27. The molecular weight excluding hydrogens is 240 g/mol. The van der Waals surface area contributed by atoms with Crippen LogP contribution in [0.2, 0.25) is 0 Å². The van der Waals surface area contributed by atoms with Gasteiger partial charge in [0.25, 0.3) is 11.8 Å². The van der Waals surface area contributed by atoms with Gasteiger partial charge in [-0.25, -0.2) is 0 Å². The number of hydrogen-bond acceptors (Lipinski definition) is 4. The van der Waals surface area contributed by atoms with Crippen LogP contribution in [-0.4, -0.2) is 41.5 Å². The second kappa shape index (κ2) is 5.55. The van der Waals surface area contributed by atoms with Gasteiger partial charge in [-0.2, -0.15) is 0 Å². The fourth-order valence-electron chi connectivity index (χ4n) is 1.57. The molecule has 5 nitrogen and oxygen atoms in total. The van der Waals surface area contributed by atoms with Gasteiger partial charge in [-0.05, 0) is 12.8 Å². The maximum atomic E-state index is 11.4. The van der Waals surface area contributed by atoms with E-state index in [0.717, 1.165) is 6.42 Å². The summed E-state index contributed by atoms with van der Waals surface area (Å²) >= 11 is 4.96. The van der Waals surface area contributed by atoms with E-state index in [-0.39, 0.29) is 30.4 Å². The molecule has 1 aliphatic rings. The molecule has 0 aliphatic carbocycles. The number of carbonyl (C=O) groups is 2. The fourth-order valence-corrected chi connectivity index (χ4v) is 1.67. The summed E-state index contributed by atoms with van der Waals surface area (Å²) < 4.78 is 4.83. The van der Waals surface area contributed by atoms with Crippen LogP contribution in [0.1, 0.15) is 26.7 Å². The number of hydrogen-bond donors (Lipinski definition) is 1. The number of imide groups is 1. The molecule has 0 spiro atoms. The van der Waals surface area contributed by atoms with Crippen molar-refractivity contribution in [1.29, 1.82) is 0 Å². The van der Waals surface area contributed by atoms with Crippen LogP contribution >= 0.6 is 12.2 Å². The third-order valence-electron chi connectivity index (χ3n) is 2.90. The van der Waals surface area contributed by atoms with Crippen molar-refractivity contribution in [2.75, 3.05) is 19.8 Å². The van der Waals surface area contributed by atoms with Gasteiger partial charge in [0.15, 0.2) is 0 Å². The van der Waals surface area contributed by atoms with Crippen molar-refractivity contribution in [3.63, 3.8) is 0 Å². The molecule has 0 saturated carbocycles. The maximum absolute atomic E-state index is 11.4. The van der Waals surface area contributed by atoms with E-state index < -0.39 is 0 Å². The molecule has 0 aromatic carbocycles. The van der Waals surface area contributed by atoms with Gasteiger partial charge in [-0.3, -0.25) is 14.5 Å². The minimum absolute atomic E-state index is 0.00949. The fraction of sp³-hybridized carbons (Fsp3) is 0.727. The zero-order valence-corrected chi connectivity index (χ0v) is 11.0. The Balaban J connectivity index is 2.42. The summed E-state index contributed by atoms with van der Waals surface area (Å²) in [6, 6.07) is 0. The Hall–Kier alpha value is -1.01. The van der Waals surface area contributed by atoms with Crippen LogP contribution in [0.25, 0.3) is 0 Å². The molecule has 0 bridgehead atoms. The number of carbonyl (C=O) groups excluding carboxylic acids is 2. The van der Waals surface area contributed by atoms with Crippen LogP contribution in [0.4, 0.5) is 0 Å². The molecule has 1 rings (SSSR count). The quantitative estimate of drug-likeness (QED) is 0.573. The average molecular weight is 258 g/mol. The van der Waals surface area contributed by atoms with Gasteiger partial charge in [-0.1, -0.05) is 26.1 Å². The van der Waals surface area contributed by atoms with Crippen LogP contribution in [0, 0.1) is 5.41 Å². The van der Waals surface area contributed by atoms with Gasteiger partial charge in [-0.15, -0.1) is 0 Å². The van der Waals surface area contributed by atoms with Crippen molar-refractivity contribution in [3.05, 3.63) is 0 Å². The summed E-state index contributed by atoms with van der Waals surface area (Å²) in [5.74, 6) is -0.538. The van der Waals surface area contributed by atoms with Crippen LogP contribution in [0.15, 0.2) is 0 Å².